The number of hydrogen-bond donors (Lipinski definition) is 0. The number of nitrogens with zero attached hydrogens (tertiary/aromatic N) is 1. The second kappa shape index (κ2) is 4.24. The maximum Gasteiger partial charge on any atom is 0.269 e. The summed E-state index contributed by atoms with van der Waals surface area (Å²) >= 11 is 5.63. The van der Waals surface area contributed by atoms with Crippen LogP contribution in [0.15, 0.2) is 24.8 Å². The summed E-state index contributed by atoms with van der Waals surface area (Å²) < 4.78 is 0. The zero-order chi connectivity index (χ0) is 10.7. The number of alkyl halides is 1. The lowest BCUT2D eigenvalue weighted by atomic mass is 10.0. The van der Waals surface area contributed by atoms with Gasteiger partial charge in [-0.1, -0.05) is 6.58 Å². The lowest BCUT2D eigenvalue weighted by Gasteiger charge is -2.05. The lowest BCUT2D eigenvalue weighted by molar-refractivity contribution is -0.384. The normalized spacial score (nSPS) is 9.86. The van der Waals surface area contributed by atoms with Crippen LogP contribution in [-0.4, -0.2) is 10.8 Å². The third-order valence-corrected chi connectivity index (χ3v) is 2.29. The highest BCUT2D eigenvalue weighted by molar-refractivity contribution is 6.23. The Morgan fingerprint density at radius 3 is 2.71 bits per heavy atom. The van der Waals surface area contributed by atoms with Gasteiger partial charge in [0.25, 0.3) is 5.69 Å². The lowest BCUT2D eigenvalue weighted by Crippen LogP contribution is -1.93. The van der Waals surface area contributed by atoms with E-state index in [2.05, 4.69) is 6.58 Å². The largest absolute Gasteiger partial charge is 0.269 e. The van der Waals surface area contributed by atoms with E-state index in [9.17, 15) is 10.1 Å². The third kappa shape index (κ3) is 2.12. The van der Waals surface area contributed by atoms with E-state index in [1.54, 1.807) is 13.0 Å². The molecule has 1 aromatic carbocycles. The molecule has 0 N–H and O–H groups in total. The summed E-state index contributed by atoms with van der Waals surface area (Å²) in [5.74, 6) is 0.332. The Morgan fingerprint density at radius 2 is 2.29 bits per heavy atom. The first-order valence-electron chi connectivity index (χ1n) is 4.05. The van der Waals surface area contributed by atoms with E-state index in [1.165, 1.54) is 12.1 Å². The van der Waals surface area contributed by atoms with Crippen LogP contribution < -0.4 is 0 Å². The van der Waals surface area contributed by atoms with Crippen molar-refractivity contribution in [1.82, 2.24) is 0 Å². The van der Waals surface area contributed by atoms with Gasteiger partial charge in [0, 0.05) is 18.0 Å². The molecule has 0 aliphatic carbocycles. The van der Waals surface area contributed by atoms with Crippen molar-refractivity contribution < 1.29 is 4.92 Å². The zero-order valence-electron chi connectivity index (χ0n) is 7.79. The molecular formula is C10H10ClNO2. The molecule has 14 heavy (non-hydrogen) atoms. The van der Waals surface area contributed by atoms with Crippen molar-refractivity contribution in [1.29, 1.82) is 0 Å². The summed E-state index contributed by atoms with van der Waals surface area (Å²) in [4.78, 5) is 10.0. The SMILES string of the molecule is C=C(CCl)c1ccc([N+](=O)[O-])cc1C. The molecule has 1 rings (SSSR count). The fourth-order valence-electron chi connectivity index (χ4n) is 1.23. The third-order valence-electron chi connectivity index (χ3n) is 1.96. The van der Waals surface area contributed by atoms with Gasteiger partial charge in [-0.3, -0.25) is 10.1 Å². The monoisotopic (exact) mass is 211 g/mol. The molecule has 0 aliphatic heterocycles. The number of nitro benzene ring substituents is 1. The molecule has 0 fully saturated rings. The van der Waals surface area contributed by atoms with Crippen molar-refractivity contribution in [2.24, 2.45) is 0 Å². The van der Waals surface area contributed by atoms with Gasteiger partial charge in [-0.25, -0.2) is 0 Å². The van der Waals surface area contributed by atoms with Gasteiger partial charge in [0.1, 0.15) is 0 Å². The van der Waals surface area contributed by atoms with Crippen LogP contribution in [0.25, 0.3) is 5.57 Å². The molecule has 0 aliphatic rings. The van der Waals surface area contributed by atoms with Crippen LogP contribution in [0.3, 0.4) is 0 Å². The number of hydrogen-bond acceptors (Lipinski definition) is 2. The van der Waals surface area contributed by atoms with E-state index in [1.807, 2.05) is 0 Å². The Labute approximate surface area is 87.2 Å². The van der Waals surface area contributed by atoms with Gasteiger partial charge in [-0.15, -0.1) is 11.6 Å². The van der Waals surface area contributed by atoms with Gasteiger partial charge in [-0.05, 0) is 29.7 Å². The second-order valence-electron chi connectivity index (χ2n) is 2.99. The number of non-ortho nitro benzene ring substituents is 1. The van der Waals surface area contributed by atoms with E-state index in [-0.39, 0.29) is 5.69 Å². The Morgan fingerprint density at radius 1 is 1.64 bits per heavy atom. The minimum Gasteiger partial charge on any atom is -0.258 e. The van der Waals surface area contributed by atoms with Gasteiger partial charge in [0.05, 0.1) is 4.92 Å². The predicted molar refractivity (Wildman–Crippen MR) is 57.6 cm³/mol. The molecule has 0 unspecified atom stereocenters. The first-order chi connectivity index (χ1) is 6.56. The van der Waals surface area contributed by atoms with Crippen molar-refractivity contribution in [3.63, 3.8) is 0 Å². The average Bonchev–Trinajstić information content (AvgIpc) is 2.16. The van der Waals surface area contributed by atoms with Crippen molar-refractivity contribution in [2.75, 3.05) is 5.88 Å². The van der Waals surface area contributed by atoms with Crippen LogP contribution in [0, 0.1) is 17.0 Å². The van der Waals surface area contributed by atoms with E-state index in [4.69, 9.17) is 11.6 Å². The summed E-state index contributed by atoms with van der Waals surface area (Å²) in [5, 5.41) is 10.5. The summed E-state index contributed by atoms with van der Waals surface area (Å²) in [5.41, 5.74) is 2.57. The van der Waals surface area contributed by atoms with Crippen LogP contribution in [-0.2, 0) is 0 Å². The van der Waals surface area contributed by atoms with Gasteiger partial charge >= 0.3 is 0 Å². The quantitative estimate of drug-likeness (QED) is 0.438. The standard InChI is InChI=1S/C10H10ClNO2/c1-7-5-9(12(13)14)3-4-10(7)8(2)6-11/h3-5H,2,6H2,1H3. The fraction of sp³-hybridized carbons (Fsp3) is 0.200. The summed E-state index contributed by atoms with van der Waals surface area (Å²) in [6, 6.07) is 4.66. The Hall–Kier alpha value is -1.35. The van der Waals surface area contributed by atoms with Crippen LogP contribution in [0.4, 0.5) is 5.69 Å². The fourth-order valence-corrected chi connectivity index (χ4v) is 1.37. The predicted octanol–water partition coefficient (Wildman–Crippen LogP) is 3.16. The smallest absolute Gasteiger partial charge is 0.258 e. The number of halogens is 1. The van der Waals surface area contributed by atoms with E-state index >= 15 is 0 Å². The van der Waals surface area contributed by atoms with Gasteiger partial charge in [0.15, 0.2) is 0 Å². The molecule has 74 valence electrons. The highest BCUT2D eigenvalue weighted by atomic mass is 35.5. The van der Waals surface area contributed by atoms with Gasteiger partial charge in [-0.2, -0.15) is 0 Å². The molecule has 4 heteroatoms. The minimum absolute atomic E-state index is 0.0913. The number of rotatable bonds is 3. The molecule has 3 nitrogen and oxygen atoms in total. The van der Waals surface area contributed by atoms with Crippen molar-refractivity contribution in [3.8, 4) is 0 Å². The first kappa shape index (κ1) is 10.7. The second-order valence-corrected chi connectivity index (χ2v) is 3.26. The molecule has 0 spiro atoms. The molecule has 0 atom stereocenters. The number of aryl methyl sites for hydroxylation is 1. The van der Waals surface area contributed by atoms with E-state index in [0.717, 1.165) is 16.7 Å². The van der Waals surface area contributed by atoms with Crippen LogP contribution in [0.2, 0.25) is 0 Å². The molecule has 0 saturated carbocycles. The van der Waals surface area contributed by atoms with Crippen molar-refractivity contribution in [2.45, 2.75) is 6.92 Å². The summed E-state index contributed by atoms with van der Waals surface area (Å²) in [6.45, 7) is 5.58. The maximum absolute atomic E-state index is 10.5. The highest BCUT2D eigenvalue weighted by Crippen LogP contribution is 2.22. The Bertz CT molecular complexity index is 388. The van der Waals surface area contributed by atoms with Crippen molar-refractivity contribution in [3.05, 3.63) is 46.0 Å². The zero-order valence-corrected chi connectivity index (χ0v) is 8.54. The molecule has 0 heterocycles. The molecule has 0 bridgehead atoms. The Balaban J connectivity index is 3.14. The number of allylic oxidation sites excluding steroid dienone is 1. The first-order valence-corrected chi connectivity index (χ1v) is 4.59. The van der Waals surface area contributed by atoms with Crippen LogP contribution in [0.1, 0.15) is 11.1 Å². The summed E-state index contributed by atoms with van der Waals surface area (Å²) in [6.07, 6.45) is 0. The van der Waals surface area contributed by atoms with Gasteiger partial charge < -0.3 is 0 Å². The molecule has 1 aromatic rings. The molecule has 0 aromatic heterocycles. The number of nitro groups is 1. The molecule has 0 radical (unpaired) electrons. The van der Waals surface area contributed by atoms with Crippen LogP contribution in [0.5, 0.6) is 0 Å². The molecular weight excluding hydrogens is 202 g/mol. The van der Waals surface area contributed by atoms with E-state index < -0.39 is 4.92 Å². The minimum atomic E-state index is -0.416. The maximum atomic E-state index is 10.5. The average molecular weight is 212 g/mol. The topological polar surface area (TPSA) is 43.1 Å². The van der Waals surface area contributed by atoms with Gasteiger partial charge in [0.2, 0.25) is 0 Å². The molecule has 0 saturated heterocycles. The van der Waals surface area contributed by atoms with Crippen molar-refractivity contribution >= 4 is 22.9 Å². The van der Waals surface area contributed by atoms with E-state index in [0.29, 0.717) is 5.88 Å². The number of benzene rings is 1. The molecule has 0 amide bonds. The highest BCUT2D eigenvalue weighted by Gasteiger charge is 2.08. The Kier molecular flexibility index (Phi) is 3.25. The van der Waals surface area contributed by atoms with Crippen LogP contribution >= 0.6 is 11.6 Å². The summed E-state index contributed by atoms with van der Waals surface area (Å²) in [7, 11) is 0.